The summed E-state index contributed by atoms with van der Waals surface area (Å²) in [5.41, 5.74) is 0.590. The summed E-state index contributed by atoms with van der Waals surface area (Å²) in [5, 5.41) is 4.48. The SMILES string of the molecule is O=C1NC(=O)[C@@H]2[C@H]1[C@@H]1CCCN1[C@@]21C(=O)c2cccc3cccc1c23. The maximum Gasteiger partial charge on any atom is 0.233 e. The maximum absolute atomic E-state index is 13.7. The monoisotopic (exact) mass is 332 g/mol. The van der Waals surface area contributed by atoms with Crippen molar-refractivity contribution < 1.29 is 14.4 Å². The van der Waals surface area contributed by atoms with E-state index in [2.05, 4.69) is 10.2 Å². The Morgan fingerprint density at radius 1 is 1.04 bits per heavy atom. The minimum atomic E-state index is -1.01. The summed E-state index contributed by atoms with van der Waals surface area (Å²) in [6.45, 7) is 0.758. The zero-order valence-corrected chi connectivity index (χ0v) is 13.5. The van der Waals surface area contributed by atoms with Gasteiger partial charge in [0, 0.05) is 11.6 Å². The van der Waals surface area contributed by atoms with Crippen LogP contribution in [0.2, 0.25) is 0 Å². The van der Waals surface area contributed by atoms with Gasteiger partial charge in [-0.2, -0.15) is 0 Å². The van der Waals surface area contributed by atoms with E-state index in [1.54, 1.807) is 0 Å². The van der Waals surface area contributed by atoms with E-state index in [1.807, 2.05) is 36.4 Å². The highest BCUT2D eigenvalue weighted by atomic mass is 16.2. The summed E-state index contributed by atoms with van der Waals surface area (Å²) in [5.74, 6) is -1.54. The number of rotatable bonds is 0. The van der Waals surface area contributed by atoms with E-state index in [0.717, 1.165) is 35.7 Å². The molecule has 5 heteroatoms. The van der Waals surface area contributed by atoms with Gasteiger partial charge in [-0.1, -0.05) is 36.4 Å². The molecule has 3 fully saturated rings. The van der Waals surface area contributed by atoms with E-state index in [1.165, 1.54) is 0 Å². The van der Waals surface area contributed by atoms with Crippen molar-refractivity contribution in [3.05, 3.63) is 47.5 Å². The van der Waals surface area contributed by atoms with Crippen molar-refractivity contribution in [2.75, 3.05) is 6.54 Å². The van der Waals surface area contributed by atoms with Gasteiger partial charge in [-0.3, -0.25) is 24.6 Å². The minimum Gasteiger partial charge on any atom is -0.296 e. The number of nitrogens with zero attached hydrogens (tertiary/aromatic N) is 1. The number of carbonyl (C=O) groups excluding carboxylic acids is 3. The van der Waals surface area contributed by atoms with Crippen LogP contribution in [0.25, 0.3) is 10.8 Å². The second kappa shape index (κ2) is 4.17. The molecule has 5 nitrogen and oxygen atoms in total. The zero-order valence-electron chi connectivity index (χ0n) is 13.5. The molecule has 6 rings (SSSR count). The standard InChI is InChI=1S/C20H16N2O3/c23-17-11-6-1-4-10-5-2-7-12(14(10)11)20(17)16-15(18(24)21-19(16)25)13-8-3-9-22(13)20/h1-2,4-7,13,15-16H,3,8-9H2,(H,21,24,25)/t13-,15+,16-,20+/m0/s1. The molecule has 1 aliphatic carbocycles. The molecule has 2 aromatic rings. The molecule has 0 bridgehead atoms. The molecular weight excluding hydrogens is 316 g/mol. The van der Waals surface area contributed by atoms with Crippen LogP contribution in [0, 0.1) is 11.8 Å². The molecule has 0 radical (unpaired) electrons. The Kier molecular flexibility index (Phi) is 2.29. The minimum absolute atomic E-state index is 0.0106. The first-order valence-electron chi connectivity index (χ1n) is 8.84. The number of fused-ring (bicyclic) bond motifs is 6. The molecule has 0 aromatic heterocycles. The molecule has 124 valence electrons. The Morgan fingerprint density at radius 3 is 2.68 bits per heavy atom. The predicted molar refractivity (Wildman–Crippen MR) is 89.8 cm³/mol. The van der Waals surface area contributed by atoms with Crippen LogP contribution in [-0.2, 0) is 15.1 Å². The Balaban J connectivity index is 1.73. The molecule has 4 atom stereocenters. The molecule has 3 saturated heterocycles. The van der Waals surface area contributed by atoms with Crippen LogP contribution >= 0.6 is 0 Å². The van der Waals surface area contributed by atoms with Crippen molar-refractivity contribution in [3.63, 3.8) is 0 Å². The summed E-state index contributed by atoms with van der Waals surface area (Å²) >= 11 is 0. The van der Waals surface area contributed by atoms with E-state index in [-0.39, 0.29) is 23.6 Å². The first-order chi connectivity index (χ1) is 12.2. The highest BCUT2D eigenvalue weighted by molar-refractivity contribution is 6.23. The van der Waals surface area contributed by atoms with Gasteiger partial charge in [0.05, 0.1) is 11.8 Å². The number of hydrogen-bond donors (Lipinski definition) is 1. The lowest BCUT2D eigenvalue weighted by atomic mass is 9.74. The number of amides is 2. The predicted octanol–water partition coefficient (Wildman–Crippen LogP) is 1.60. The molecule has 0 saturated carbocycles. The number of Topliss-reactive ketones (excluding diaryl/α,β-unsaturated/α-hetero) is 1. The Bertz CT molecular complexity index is 1010. The fourth-order valence-corrected chi connectivity index (χ4v) is 6.00. The van der Waals surface area contributed by atoms with Crippen LogP contribution in [0.1, 0.15) is 28.8 Å². The van der Waals surface area contributed by atoms with E-state index >= 15 is 0 Å². The Morgan fingerprint density at radius 2 is 1.84 bits per heavy atom. The van der Waals surface area contributed by atoms with Gasteiger partial charge in [0.15, 0.2) is 5.78 Å². The summed E-state index contributed by atoms with van der Waals surface area (Å²) in [6.07, 6.45) is 1.82. The van der Waals surface area contributed by atoms with Gasteiger partial charge in [-0.05, 0) is 35.7 Å². The molecule has 0 unspecified atom stereocenters. The van der Waals surface area contributed by atoms with E-state index in [0.29, 0.717) is 5.56 Å². The van der Waals surface area contributed by atoms with Gasteiger partial charge in [0.25, 0.3) is 0 Å². The Labute approximate surface area is 144 Å². The number of imide groups is 1. The summed E-state index contributed by atoms with van der Waals surface area (Å²) in [7, 11) is 0. The molecule has 1 spiro atoms. The second-order valence-electron chi connectivity index (χ2n) is 7.56. The summed E-state index contributed by atoms with van der Waals surface area (Å²) in [4.78, 5) is 41.1. The number of carbonyl (C=O) groups is 3. The van der Waals surface area contributed by atoms with Crippen molar-refractivity contribution in [1.29, 1.82) is 0 Å². The van der Waals surface area contributed by atoms with Crippen LogP contribution in [-0.4, -0.2) is 35.1 Å². The fourth-order valence-electron chi connectivity index (χ4n) is 6.00. The number of benzene rings is 2. The normalized spacial score (nSPS) is 35.7. The van der Waals surface area contributed by atoms with Crippen LogP contribution in [0.5, 0.6) is 0 Å². The topological polar surface area (TPSA) is 66.5 Å². The molecule has 2 amide bonds. The van der Waals surface area contributed by atoms with Gasteiger partial charge in [-0.25, -0.2) is 0 Å². The first-order valence-corrected chi connectivity index (χ1v) is 8.84. The molecule has 4 aliphatic rings. The summed E-state index contributed by atoms with van der Waals surface area (Å²) in [6, 6.07) is 11.7. The molecule has 3 aliphatic heterocycles. The Hall–Kier alpha value is -2.53. The van der Waals surface area contributed by atoms with Crippen LogP contribution in [0.15, 0.2) is 36.4 Å². The van der Waals surface area contributed by atoms with E-state index in [4.69, 9.17) is 0 Å². The van der Waals surface area contributed by atoms with E-state index < -0.39 is 17.4 Å². The zero-order chi connectivity index (χ0) is 16.9. The molecule has 3 heterocycles. The first kappa shape index (κ1) is 13.7. The van der Waals surface area contributed by atoms with Gasteiger partial charge < -0.3 is 0 Å². The third-order valence-electron chi connectivity index (χ3n) is 6.71. The van der Waals surface area contributed by atoms with Crippen LogP contribution < -0.4 is 5.32 Å². The quantitative estimate of drug-likeness (QED) is 0.744. The highest BCUT2D eigenvalue weighted by Gasteiger charge is 2.72. The largest absolute Gasteiger partial charge is 0.296 e. The average molecular weight is 332 g/mol. The van der Waals surface area contributed by atoms with E-state index in [9.17, 15) is 14.4 Å². The van der Waals surface area contributed by atoms with Crippen LogP contribution in [0.4, 0.5) is 0 Å². The second-order valence-corrected chi connectivity index (χ2v) is 7.56. The van der Waals surface area contributed by atoms with Crippen molar-refractivity contribution in [3.8, 4) is 0 Å². The maximum atomic E-state index is 13.7. The van der Waals surface area contributed by atoms with Gasteiger partial charge in [0.2, 0.25) is 11.8 Å². The lowest BCUT2D eigenvalue weighted by Crippen LogP contribution is -2.52. The summed E-state index contributed by atoms with van der Waals surface area (Å²) < 4.78 is 0. The van der Waals surface area contributed by atoms with Crippen molar-refractivity contribution in [1.82, 2.24) is 10.2 Å². The fraction of sp³-hybridized carbons (Fsp3) is 0.350. The van der Waals surface area contributed by atoms with Crippen molar-refractivity contribution in [2.45, 2.75) is 24.4 Å². The third-order valence-corrected chi connectivity index (χ3v) is 6.71. The smallest absolute Gasteiger partial charge is 0.233 e. The number of ketones is 1. The molecule has 25 heavy (non-hydrogen) atoms. The van der Waals surface area contributed by atoms with Crippen molar-refractivity contribution in [2.24, 2.45) is 11.8 Å². The van der Waals surface area contributed by atoms with Crippen LogP contribution in [0.3, 0.4) is 0 Å². The van der Waals surface area contributed by atoms with Gasteiger partial charge in [0.1, 0.15) is 5.54 Å². The molecule has 2 aromatic carbocycles. The lowest BCUT2D eigenvalue weighted by Gasteiger charge is -2.37. The lowest BCUT2D eigenvalue weighted by molar-refractivity contribution is -0.128. The third kappa shape index (κ3) is 1.29. The molecule has 1 N–H and O–H groups in total. The number of nitrogens with one attached hydrogen (secondary N) is 1. The molecular formula is C20H16N2O3. The van der Waals surface area contributed by atoms with Gasteiger partial charge in [-0.15, -0.1) is 0 Å². The average Bonchev–Trinajstić information content (AvgIpc) is 3.30. The highest BCUT2D eigenvalue weighted by Crippen LogP contribution is 2.60. The van der Waals surface area contributed by atoms with Crippen molar-refractivity contribution >= 4 is 28.4 Å². The number of hydrogen-bond acceptors (Lipinski definition) is 4. The van der Waals surface area contributed by atoms with Gasteiger partial charge >= 0.3 is 0 Å².